The number of thiazole rings is 1. The number of benzene rings is 1. The van der Waals surface area contributed by atoms with E-state index in [1.807, 2.05) is 52.5 Å². The zero-order valence-corrected chi connectivity index (χ0v) is 13.9. The molecule has 7 heteroatoms. The predicted molar refractivity (Wildman–Crippen MR) is 92.9 cm³/mol. The highest BCUT2D eigenvalue weighted by atomic mass is 32.1. The number of nitrogens with one attached hydrogen (secondary N) is 2. The molecule has 0 saturated carbocycles. The van der Waals surface area contributed by atoms with E-state index in [1.165, 1.54) is 16.9 Å². The molecule has 1 aromatic carbocycles. The second-order valence-corrected chi connectivity index (χ2v) is 6.24. The van der Waals surface area contributed by atoms with Crippen molar-refractivity contribution >= 4 is 28.1 Å². The molecule has 124 valence electrons. The van der Waals surface area contributed by atoms with Crippen LogP contribution >= 0.6 is 11.3 Å². The minimum Gasteiger partial charge on any atom is -0.354 e. The molecule has 0 radical (unpaired) electrons. The molecule has 0 aliphatic heterocycles. The number of aromatic nitrogens is 2. The predicted octanol–water partition coefficient (Wildman–Crippen LogP) is 1.41. The topological polar surface area (TPSA) is 75.5 Å². The molecule has 2 heterocycles. The van der Waals surface area contributed by atoms with Crippen LogP contribution in [0.1, 0.15) is 11.3 Å². The molecule has 0 atom stereocenters. The van der Waals surface area contributed by atoms with Gasteiger partial charge in [0.2, 0.25) is 11.8 Å². The lowest BCUT2D eigenvalue weighted by Crippen LogP contribution is -2.38. The first-order valence-electron chi connectivity index (χ1n) is 7.69. The number of fused-ring (bicyclic) bond motifs is 1. The van der Waals surface area contributed by atoms with Crippen molar-refractivity contribution in [1.82, 2.24) is 20.0 Å². The summed E-state index contributed by atoms with van der Waals surface area (Å²) in [6.45, 7) is 0.534. The third-order valence-corrected chi connectivity index (χ3v) is 4.28. The molecule has 3 aromatic rings. The lowest BCUT2D eigenvalue weighted by atomic mass is 10.1. The second kappa shape index (κ2) is 7.74. The van der Waals surface area contributed by atoms with Gasteiger partial charge in [-0.1, -0.05) is 30.3 Å². The van der Waals surface area contributed by atoms with Crippen molar-refractivity contribution in [2.24, 2.45) is 0 Å². The molecule has 0 bridgehead atoms. The van der Waals surface area contributed by atoms with Gasteiger partial charge in [0.25, 0.3) is 0 Å². The number of carbonyl (C=O) groups is 2. The number of nitrogens with zero attached hydrogens (tertiary/aromatic N) is 2. The Labute approximate surface area is 143 Å². The van der Waals surface area contributed by atoms with Gasteiger partial charge in [-0.15, -0.1) is 11.3 Å². The maximum absolute atomic E-state index is 11.9. The van der Waals surface area contributed by atoms with Gasteiger partial charge in [-0.05, 0) is 12.0 Å². The molecule has 3 rings (SSSR count). The van der Waals surface area contributed by atoms with Gasteiger partial charge in [0.05, 0.1) is 18.7 Å². The number of rotatable bonds is 7. The summed E-state index contributed by atoms with van der Waals surface area (Å²) in [5, 5.41) is 7.35. The third kappa shape index (κ3) is 4.42. The Balaban J connectivity index is 1.36. The van der Waals surface area contributed by atoms with Crippen LogP contribution < -0.4 is 10.6 Å². The number of amides is 2. The SMILES string of the molecule is O=C(CNC(=O)Cc1cn2ccsc2n1)NCCc1ccccc1. The van der Waals surface area contributed by atoms with Crippen molar-refractivity contribution in [2.45, 2.75) is 12.8 Å². The van der Waals surface area contributed by atoms with Gasteiger partial charge in [0, 0.05) is 24.3 Å². The monoisotopic (exact) mass is 342 g/mol. The Bertz CT molecular complexity index is 797. The molecule has 0 aliphatic carbocycles. The van der Waals surface area contributed by atoms with E-state index in [2.05, 4.69) is 15.6 Å². The number of carbonyl (C=O) groups excluding carboxylic acids is 2. The Hall–Kier alpha value is -2.67. The van der Waals surface area contributed by atoms with Crippen molar-refractivity contribution < 1.29 is 9.59 Å². The van der Waals surface area contributed by atoms with Crippen LogP contribution in [-0.4, -0.2) is 34.3 Å². The van der Waals surface area contributed by atoms with E-state index in [9.17, 15) is 9.59 Å². The average molecular weight is 342 g/mol. The van der Waals surface area contributed by atoms with Crippen LogP contribution in [0.3, 0.4) is 0 Å². The summed E-state index contributed by atoms with van der Waals surface area (Å²) >= 11 is 1.52. The highest BCUT2D eigenvalue weighted by Crippen LogP contribution is 2.11. The van der Waals surface area contributed by atoms with Gasteiger partial charge in [0.1, 0.15) is 0 Å². The van der Waals surface area contributed by atoms with Crippen molar-refractivity contribution in [1.29, 1.82) is 0 Å². The fourth-order valence-corrected chi connectivity index (χ4v) is 3.04. The van der Waals surface area contributed by atoms with E-state index in [0.29, 0.717) is 12.2 Å². The first-order valence-corrected chi connectivity index (χ1v) is 8.57. The maximum atomic E-state index is 11.9. The number of imidazole rings is 1. The summed E-state index contributed by atoms with van der Waals surface area (Å²) in [7, 11) is 0. The Kier molecular flexibility index (Phi) is 5.22. The molecule has 0 saturated heterocycles. The lowest BCUT2D eigenvalue weighted by molar-refractivity contribution is -0.125. The van der Waals surface area contributed by atoms with E-state index in [1.54, 1.807) is 0 Å². The van der Waals surface area contributed by atoms with E-state index in [0.717, 1.165) is 11.4 Å². The summed E-state index contributed by atoms with van der Waals surface area (Å²) in [6, 6.07) is 9.93. The first-order chi connectivity index (χ1) is 11.7. The van der Waals surface area contributed by atoms with Gasteiger partial charge >= 0.3 is 0 Å². The van der Waals surface area contributed by atoms with Gasteiger partial charge < -0.3 is 10.6 Å². The quantitative estimate of drug-likeness (QED) is 0.682. The van der Waals surface area contributed by atoms with Crippen LogP contribution in [0.5, 0.6) is 0 Å². The van der Waals surface area contributed by atoms with E-state index >= 15 is 0 Å². The third-order valence-electron chi connectivity index (χ3n) is 3.51. The molecule has 0 aliphatic rings. The van der Waals surface area contributed by atoms with E-state index in [4.69, 9.17) is 0 Å². The summed E-state index contributed by atoms with van der Waals surface area (Å²) in [4.78, 5) is 28.8. The first kappa shape index (κ1) is 16.2. The van der Waals surface area contributed by atoms with Crippen molar-refractivity contribution in [2.75, 3.05) is 13.1 Å². The molecule has 2 amide bonds. The van der Waals surface area contributed by atoms with Gasteiger partial charge in [0.15, 0.2) is 4.96 Å². The fraction of sp³-hybridized carbons (Fsp3) is 0.235. The Morgan fingerprint density at radius 2 is 1.96 bits per heavy atom. The summed E-state index contributed by atoms with van der Waals surface area (Å²) in [5.41, 5.74) is 1.87. The zero-order chi connectivity index (χ0) is 16.8. The molecule has 0 spiro atoms. The summed E-state index contributed by atoms with van der Waals surface area (Å²) in [6.07, 6.45) is 4.66. The standard InChI is InChI=1S/C17H18N4O2S/c22-15(10-14-12-21-8-9-24-17(21)20-14)19-11-16(23)18-7-6-13-4-2-1-3-5-13/h1-5,8-9,12H,6-7,10-11H2,(H,18,23)(H,19,22). The van der Waals surface area contributed by atoms with Crippen LogP contribution in [0.2, 0.25) is 0 Å². The van der Waals surface area contributed by atoms with Crippen molar-refractivity contribution in [3.8, 4) is 0 Å². The molecular formula is C17H18N4O2S. The molecule has 24 heavy (non-hydrogen) atoms. The van der Waals surface area contributed by atoms with Crippen LogP contribution in [0.15, 0.2) is 48.1 Å². The van der Waals surface area contributed by atoms with Gasteiger partial charge in [-0.2, -0.15) is 0 Å². The van der Waals surface area contributed by atoms with E-state index in [-0.39, 0.29) is 24.8 Å². The fourth-order valence-electron chi connectivity index (χ4n) is 2.32. The summed E-state index contributed by atoms with van der Waals surface area (Å²) in [5.74, 6) is -0.399. The van der Waals surface area contributed by atoms with Crippen LogP contribution in [-0.2, 0) is 22.4 Å². The second-order valence-electron chi connectivity index (χ2n) is 5.36. The smallest absolute Gasteiger partial charge is 0.239 e. The highest BCUT2D eigenvalue weighted by Gasteiger charge is 2.09. The molecular weight excluding hydrogens is 324 g/mol. The van der Waals surface area contributed by atoms with Crippen molar-refractivity contribution in [3.05, 3.63) is 59.4 Å². The normalized spacial score (nSPS) is 10.7. The van der Waals surface area contributed by atoms with E-state index < -0.39 is 0 Å². The van der Waals surface area contributed by atoms with Crippen molar-refractivity contribution in [3.63, 3.8) is 0 Å². The number of hydrogen-bond donors (Lipinski definition) is 2. The molecule has 2 N–H and O–H groups in total. The number of hydrogen-bond acceptors (Lipinski definition) is 4. The Morgan fingerprint density at radius 1 is 1.12 bits per heavy atom. The highest BCUT2D eigenvalue weighted by molar-refractivity contribution is 7.15. The summed E-state index contributed by atoms with van der Waals surface area (Å²) < 4.78 is 1.88. The average Bonchev–Trinajstić information content (AvgIpc) is 3.15. The minimum atomic E-state index is -0.209. The zero-order valence-electron chi connectivity index (χ0n) is 13.1. The minimum absolute atomic E-state index is 0.0180. The van der Waals surface area contributed by atoms with Gasteiger partial charge in [-0.25, -0.2) is 4.98 Å². The molecule has 0 fully saturated rings. The molecule has 6 nitrogen and oxygen atoms in total. The van der Waals surface area contributed by atoms with Gasteiger partial charge in [-0.3, -0.25) is 14.0 Å². The molecule has 0 unspecified atom stereocenters. The lowest BCUT2D eigenvalue weighted by Gasteiger charge is -2.06. The molecule has 2 aromatic heterocycles. The van der Waals surface area contributed by atoms with Crippen LogP contribution in [0, 0.1) is 0 Å². The van der Waals surface area contributed by atoms with Crippen LogP contribution in [0.4, 0.5) is 0 Å². The Morgan fingerprint density at radius 3 is 2.75 bits per heavy atom. The maximum Gasteiger partial charge on any atom is 0.239 e. The largest absolute Gasteiger partial charge is 0.354 e. The van der Waals surface area contributed by atoms with Crippen LogP contribution in [0.25, 0.3) is 4.96 Å².